The maximum atomic E-state index is 17.0. The van der Waals surface area contributed by atoms with Crippen LogP contribution in [0.15, 0.2) is 24.4 Å². The lowest BCUT2D eigenvalue weighted by Crippen LogP contribution is -2.57. The second-order valence-corrected chi connectivity index (χ2v) is 15.4. The first kappa shape index (κ1) is 33.7. The number of amides is 1. The average molecular weight is 677 g/mol. The smallest absolute Gasteiger partial charge is 0.410 e. The molecule has 0 spiro atoms. The van der Waals surface area contributed by atoms with Crippen molar-refractivity contribution in [2.75, 3.05) is 51.6 Å². The number of anilines is 1. The summed E-state index contributed by atoms with van der Waals surface area (Å²) in [5.74, 6) is 0.714. The topological polar surface area (TPSA) is 102 Å². The number of nitrogens with zero attached hydrogens (tertiary/aromatic N) is 6. The molecule has 2 bridgehead atoms. The molecule has 1 amide bonds. The van der Waals surface area contributed by atoms with E-state index < -0.39 is 11.4 Å². The van der Waals surface area contributed by atoms with Gasteiger partial charge in [0.15, 0.2) is 12.6 Å². The summed E-state index contributed by atoms with van der Waals surface area (Å²) in [7, 11) is 1.56. The van der Waals surface area contributed by atoms with E-state index in [4.69, 9.17) is 33.9 Å². The van der Waals surface area contributed by atoms with Gasteiger partial charge in [0.2, 0.25) is 0 Å². The quantitative estimate of drug-likeness (QED) is 0.233. The Morgan fingerprint density at radius 2 is 1.78 bits per heavy atom. The summed E-state index contributed by atoms with van der Waals surface area (Å²) in [6.07, 6.45) is 7.55. The Balaban J connectivity index is 1.28. The SMILES string of the molecule is COCOc1ccc(C(C)C)c(-c2ncc3c(N4C[C@H]5CC[C@@H](C4)N5C(=O)OC(C)(C)C)nc(OCC45CCCN4CCC5)nc3c2F)c1. The van der Waals surface area contributed by atoms with Crippen LogP contribution in [0.3, 0.4) is 0 Å². The van der Waals surface area contributed by atoms with E-state index in [1.165, 1.54) is 0 Å². The van der Waals surface area contributed by atoms with Crippen LogP contribution in [-0.4, -0.2) is 101 Å². The molecule has 7 rings (SSSR count). The Morgan fingerprint density at radius 3 is 2.43 bits per heavy atom. The molecule has 3 aromatic rings. The first-order valence-electron chi connectivity index (χ1n) is 17.7. The lowest BCUT2D eigenvalue weighted by atomic mass is 9.94. The molecule has 49 heavy (non-hydrogen) atoms. The van der Waals surface area contributed by atoms with Crippen LogP contribution in [0.25, 0.3) is 22.2 Å². The fraction of sp³-hybridized carbons (Fsp3) is 0.622. The van der Waals surface area contributed by atoms with E-state index in [1.54, 1.807) is 13.3 Å². The van der Waals surface area contributed by atoms with E-state index in [1.807, 2.05) is 43.9 Å². The van der Waals surface area contributed by atoms with Crippen molar-refractivity contribution in [3.05, 3.63) is 35.8 Å². The van der Waals surface area contributed by atoms with Gasteiger partial charge in [0, 0.05) is 32.0 Å². The fourth-order valence-corrected chi connectivity index (χ4v) is 8.32. The molecule has 4 saturated heterocycles. The van der Waals surface area contributed by atoms with E-state index in [0.717, 1.165) is 57.2 Å². The number of carbonyl (C=O) groups is 1. The predicted octanol–water partition coefficient (Wildman–Crippen LogP) is 6.53. The molecule has 6 heterocycles. The molecular formula is C37H49FN6O5. The number of methoxy groups -OCH3 is 1. The predicted molar refractivity (Wildman–Crippen MR) is 185 cm³/mol. The van der Waals surface area contributed by atoms with Crippen molar-refractivity contribution in [1.82, 2.24) is 24.8 Å². The van der Waals surface area contributed by atoms with Crippen LogP contribution in [-0.2, 0) is 9.47 Å². The molecule has 2 atom stereocenters. The molecule has 0 radical (unpaired) electrons. The molecule has 264 valence electrons. The molecule has 4 fully saturated rings. The van der Waals surface area contributed by atoms with Crippen molar-refractivity contribution in [1.29, 1.82) is 0 Å². The zero-order valence-corrected chi connectivity index (χ0v) is 29.6. The van der Waals surface area contributed by atoms with Crippen LogP contribution in [0.5, 0.6) is 11.8 Å². The minimum Gasteiger partial charge on any atom is -0.468 e. The van der Waals surface area contributed by atoms with Crippen molar-refractivity contribution < 1.29 is 28.1 Å². The first-order valence-corrected chi connectivity index (χ1v) is 17.7. The number of pyridine rings is 1. The number of halogens is 1. The van der Waals surface area contributed by atoms with Crippen LogP contribution in [0.1, 0.15) is 84.6 Å². The molecule has 12 heteroatoms. The third-order valence-corrected chi connectivity index (χ3v) is 10.6. The van der Waals surface area contributed by atoms with Crippen LogP contribution in [0, 0.1) is 5.82 Å². The average Bonchev–Trinajstić information content (AvgIpc) is 3.72. The second kappa shape index (κ2) is 13.2. The maximum absolute atomic E-state index is 17.0. The number of hydrogen-bond donors (Lipinski definition) is 0. The van der Waals surface area contributed by atoms with Gasteiger partial charge in [0.1, 0.15) is 35.0 Å². The molecule has 1 aromatic carbocycles. The number of piperazine rings is 1. The second-order valence-electron chi connectivity index (χ2n) is 15.4. The lowest BCUT2D eigenvalue weighted by Gasteiger charge is -2.42. The van der Waals surface area contributed by atoms with E-state index in [-0.39, 0.29) is 53.6 Å². The Kier molecular flexibility index (Phi) is 9.06. The van der Waals surface area contributed by atoms with Crippen LogP contribution in [0.4, 0.5) is 15.0 Å². The highest BCUT2D eigenvalue weighted by Crippen LogP contribution is 2.41. The fourth-order valence-electron chi connectivity index (χ4n) is 8.32. The summed E-state index contributed by atoms with van der Waals surface area (Å²) in [5, 5.41) is 0.512. The van der Waals surface area contributed by atoms with Gasteiger partial charge in [-0.1, -0.05) is 19.9 Å². The van der Waals surface area contributed by atoms with Crippen molar-refractivity contribution in [2.45, 2.75) is 102 Å². The number of fused-ring (bicyclic) bond motifs is 4. The third-order valence-electron chi connectivity index (χ3n) is 10.6. The molecule has 11 nitrogen and oxygen atoms in total. The van der Waals surface area contributed by atoms with Gasteiger partial charge >= 0.3 is 12.1 Å². The number of aromatic nitrogens is 3. The Labute approximate surface area is 288 Å². The molecule has 0 saturated carbocycles. The molecule has 4 aliphatic rings. The minimum atomic E-state index is -0.581. The molecule has 0 unspecified atom stereocenters. The highest BCUT2D eigenvalue weighted by molar-refractivity contribution is 5.92. The Bertz CT molecular complexity index is 1690. The van der Waals surface area contributed by atoms with Gasteiger partial charge < -0.3 is 23.8 Å². The zero-order chi connectivity index (χ0) is 34.5. The van der Waals surface area contributed by atoms with Gasteiger partial charge in [0.05, 0.1) is 23.0 Å². The molecule has 4 aliphatic heterocycles. The van der Waals surface area contributed by atoms with Crippen LogP contribution in [0.2, 0.25) is 0 Å². The summed E-state index contributed by atoms with van der Waals surface area (Å²) >= 11 is 0. The molecule has 0 N–H and O–H groups in total. The Hall–Kier alpha value is -3.77. The van der Waals surface area contributed by atoms with Crippen molar-refractivity contribution in [3.63, 3.8) is 0 Å². The van der Waals surface area contributed by atoms with Gasteiger partial charge in [-0.2, -0.15) is 9.97 Å². The summed E-state index contributed by atoms with van der Waals surface area (Å²) in [6, 6.07) is 5.69. The van der Waals surface area contributed by atoms with Gasteiger partial charge in [-0.05, 0) is 96.0 Å². The summed E-state index contributed by atoms with van der Waals surface area (Å²) < 4.78 is 40.0. The van der Waals surface area contributed by atoms with Crippen LogP contribution >= 0.6 is 0 Å². The normalized spacial score (nSPS) is 21.9. The van der Waals surface area contributed by atoms with E-state index in [2.05, 4.69) is 23.6 Å². The molecule has 2 aromatic heterocycles. The summed E-state index contributed by atoms with van der Waals surface area (Å²) in [4.78, 5) is 34.2. The number of hydrogen-bond acceptors (Lipinski definition) is 10. The standard InChI is InChI=1S/C37H49FN6O5/c1-23(2)27-12-11-26(48-22-46-6)17-28(27)31-30(38)32-29(18-39-31)33(41-34(40-32)47-21-37-13-7-15-43(37)16-8-14-37)42-19-24-9-10-25(20-42)44(24)35(45)49-36(3,4)5/h11-12,17-18,23-25H,7-10,13-16,19-22H2,1-6H3/t24-,25+. The number of carbonyl (C=O) groups excluding carboxylic acids is 1. The summed E-state index contributed by atoms with van der Waals surface area (Å²) in [6.45, 7) is 13.6. The number of rotatable bonds is 9. The lowest BCUT2D eigenvalue weighted by molar-refractivity contribution is 0.0122. The van der Waals surface area contributed by atoms with Crippen LogP contribution < -0.4 is 14.4 Å². The first-order chi connectivity index (χ1) is 23.5. The minimum absolute atomic E-state index is 0.0204. The third kappa shape index (κ3) is 6.49. The van der Waals surface area contributed by atoms with Crippen molar-refractivity contribution in [2.24, 2.45) is 0 Å². The number of benzene rings is 1. The largest absolute Gasteiger partial charge is 0.468 e. The number of ether oxygens (including phenoxy) is 4. The highest BCUT2D eigenvalue weighted by Gasteiger charge is 2.46. The highest BCUT2D eigenvalue weighted by atomic mass is 19.1. The van der Waals surface area contributed by atoms with E-state index in [0.29, 0.717) is 42.2 Å². The monoisotopic (exact) mass is 676 g/mol. The zero-order valence-electron chi connectivity index (χ0n) is 29.6. The van der Waals surface area contributed by atoms with Gasteiger partial charge in [-0.3, -0.25) is 14.8 Å². The van der Waals surface area contributed by atoms with Gasteiger partial charge in [0.25, 0.3) is 0 Å². The van der Waals surface area contributed by atoms with Crippen molar-refractivity contribution in [3.8, 4) is 23.0 Å². The van der Waals surface area contributed by atoms with E-state index in [9.17, 15) is 4.79 Å². The maximum Gasteiger partial charge on any atom is 0.410 e. The molecular weight excluding hydrogens is 627 g/mol. The molecule has 0 aliphatic carbocycles. The van der Waals surface area contributed by atoms with Gasteiger partial charge in [-0.25, -0.2) is 9.18 Å². The van der Waals surface area contributed by atoms with Crippen molar-refractivity contribution >= 4 is 22.8 Å². The van der Waals surface area contributed by atoms with Gasteiger partial charge in [-0.15, -0.1) is 0 Å². The summed E-state index contributed by atoms with van der Waals surface area (Å²) in [5.41, 5.74) is 1.34. The van der Waals surface area contributed by atoms with E-state index >= 15 is 4.39 Å². The Morgan fingerprint density at radius 1 is 1.06 bits per heavy atom.